The van der Waals surface area contributed by atoms with E-state index in [1.165, 1.54) is 37.7 Å². The zero-order chi connectivity index (χ0) is 20.7. The van der Waals surface area contributed by atoms with Gasteiger partial charge in [0.1, 0.15) is 0 Å². The van der Waals surface area contributed by atoms with Gasteiger partial charge in [-0.15, -0.1) is 24.0 Å². The molecule has 1 saturated carbocycles. The van der Waals surface area contributed by atoms with E-state index in [-0.39, 0.29) is 29.5 Å². The zero-order valence-corrected chi connectivity index (χ0v) is 20.8. The van der Waals surface area contributed by atoms with Crippen LogP contribution in [0.3, 0.4) is 0 Å². The molecule has 31 heavy (non-hydrogen) atoms. The van der Waals surface area contributed by atoms with Gasteiger partial charge in [-0.1, -0.05) is 37.5 Å². The first-order valence-corrected chi connectivity index (χ1v) is 11.1. The van der Waals surface area contributed by atoms with E-state index in [1.807, 2.05) is 24.1 Å². The number of rotatable bonds is 6. The molecule has 2 heterocycles. The molecular weight excluding hydrogens is 503 g/mol. The summed E-state index contributed by atoms with van der Waals surface area (Å²) in [7, 11) is 1.85. The number of imidazole rings is 1. The summed E-state index contributed by atoms with van der Waals surface area (Å²) < 4.78 is 7.65. The smallest absolute Gasteiger partial charge is 0.191 e. The molecule has 0 spiro atoms. The number of ether oxygens (including phenoxy) is 1. The topological polar surface area (TPSA) is 66.7 Å². The molecule has 0 radical (unpaired) electrons. The largest absolute Gasteiger partial charge is 0.379 e. The van der Waals surface area contributed by atoms with E-state index in [9.17, 15) is 0 Å². The van der Waals surface area contributed by atoms with Gasteiger partial charge in [0.05, 0.1) is 25.2 Å². The van der Waals surface area contributed by atoms with Crippen molar-refractivity contribution in [2.24, 2.45) is 4.99 Å². The van der Waals surface area contributed by atoms with Crippen LogP contribution >= 0.6 is 24.0 Å². The van der Waals surface area contributed by atoms with Gasteiger partial charge in [0, 0.05) is 51.2 Å². The summed E-state index contributed by atoms with van der Waals surface area (Å²) in [5, 5.41) is 7.15. The number of aromatic nitrogens is 2. The van der Waals surface area contributed by atoms with Crippen molar-refractivity contribution in [3.63, 3.8) is 0 Å². The van der Waals surface area contributed by atoms with Crippen LogP contribution in [0.4, 0.5) is 0 Å². The molecule has 1 saturated heterocycles. The normalized spacial score (nSPS) is 19.5. The lowest BCUT2D eigenvalue weighted by atomic mass is 9.80. The highest BCUT2D eigenvalue weighted by Crippen LogP contribution is 2.33. The Morgan fingerprint density at radius 3 is 2.61 bits per heavy atom. The van der Waals surface area contributed by atoms with Crippen LogP contribution < -0.4 is 10.6 Å². The number of hydrogen-bond acceptors (Lipinski definition) is 4. The number of guanidine groups is 1. The van der Waals surface area contributed by atoms with Crippen molar-refractivity contribution in [2.75, 3.05) is 39.9 Å². The summed E-state index contributed by atoms with van der Waals surface area (Å²) in [6, 6.07) is 8.39. The SMILES string of the molecule is CN=C(NCc1ccccc1-n1ccnc1)NCC1(N2CCOCC2)CCCCC1.I. The van der Waals surface area contributed by atoms with Crippen molar-refractivity contribution in [1.29, 1.82) is 0 Å². The number of benzene rings is 1. The second kappa shape index (κ2) is 11.8. The van der Waals surface area contributed by atoms with Gasteiger partial charge in [-0.2, -0.15) is 0 Å². The van der Waals surface area contributed by atoms with E-state index in [0.717, 1.165) is 44.5 Å². The van der Waals surface area contributed by atoms with E-state index in [4.69, 9.17) is 4.74 Å². The Hall–Kier alpha value is -1.65. The van der Waals surface area contributed by atoms with Crippen LogP contribution in [0, 0.1) is 0 Å². The standard InChI is InChI=1S/C23H34N6O.HI/c1-24-22(26-17-20-7-3-4-8-21(20)28-12-11-25-19-28)27-18-23(9-5-2-6-10-23)29-13-15-30-16-14-29;/h3-4,7-8,11-12,19H,2,5-6,9-10,13-18H2,1H3,(H2,24,26,27);1H. The molecule has 170 valence electrons. The van der Waals surface area contributed by atoms with Crippen molar-refractivity contribution in [3.8, 4) is 5.69 Å². The fourth-order valence-electron chi connectivity index (χ4n) is 4.81. The minimum Gasteiger partial charge on any atom is -0.379 e. The van der Waals surface area contributed by atoms with Crippen molar-refractivity contribution in [1.82, 2.24) is 25.1 Å². The second-order valence-electron chi connectivity index (χ2n) is 8.26. The monoisotopic (exact) mass is 538 g/mol. The molecule has 1 aromatic carbocycles. The maximum atomic E-state index is 5.61. The average Bonchev–Trinajstić information content (AvgIpc) is 3.35. The fraction of sp³-hybridized carbons (Fsp3) is 0.565. The fourth-order valence-corrected chi connectivity index (χ4v) is 4.81. The molecule has 4 rings (SSSR count). The van der Waals surface area contributed by atoms with E-state index in [1.54, 1.807) is 6.20 Å². The Morgan fingerprint density at radius 1 is 1.13 bits per heavy atom. The Labute approximate surface area is 202 Å². The maximum absolute atomic E-state index is 5.61. The van der Waals surface area contributed by atoms with Crippen molar-refractivity contribution in [3.05, 3.63) is 48.5 Å². The minimum atomic E-state index is 0. The van der Waals surface area contributed by atoms with Crippen LogP contribution in [-0.4, -0.2) is 65.8 Å². The summed E-state index contributed by atoms with van der Waals surface area (Å²) in [6.07, 6.45) is 12.1. The molecule has 0 bridgehead atoms. The molecule has 2 N–H and O–H groups in total. The third kappa shape index (κ3) is 5.98. The molecule has 2 aliphatic rings. The van der Waals surface area contributed by atoms with Gasteiger partial charge in [-0.05, 0) is 24.5 Å². The number of nitrogens with zero attached hydrogens (tertiary/aromatic N) is 4. The van der Waals surface area contributed by atoms with Crippen LogP contribution in [-0.2, 0) is 11.3 Å². The van der Waals surface area contributed by atoms with E-state index in [0.29, 0.717) is 6.54 Å². The van der Waals surface area contributed by atoms with Gasteiger partial charge >= 0.3 is 0 Å². The third-order valence-corrected chi connectivity index (χ3v) is 6.50. The van der Waals surface area contributed by atoms with E-state index in [2.05, 4.69) is 49.8 Å². The molecule has 0 unspecified atom stereocenters. The van der Waals surface area contributed by atoms with Crippen molar-refractivity contribution in [2.45, 2.75) is 44.2 Å². The predicted octanol–water partition coefficient (Wildman–Crippen LogP) is 3.19. The molecule has 0 amide bonds. The Kier molecular flexibility index (Phi) is 9.15. The first-order valence-electron chi connectivity index (χ1n) is 11.1. The van der Waals surface area contributed by atoms with Gasteiger partial charge in [0.15, 0.2) is 5.96 Å². The number of morpholine rings is 1. The summed E-state index contributed by atoms with van der Waals surface area (Å²) >= 11 is 0. The first kappa shape index (κ1) is 24.0. The molecule has 1 aliphatic heterocycles. The lowest BCUT2D eigenvalue weighted by Crippen LogP contribution is -2.60. The number of halogens is 1. The van der Waals surface area contributed by atoms with Crippen LogP contribution in [0.1, 0.15) is 37.7 Å². The molecule has 1 aromatic heterocycles. The van der Waals surface area contributed by atoms with Gasteiger partial charge in [0.25, 0.3) is 0 Å². The lowest BCUT2D eigenvalue weighted by Gasteiger charge is -2.48. The molecular formula is C23H35IN6O. The summed E-state index contributed by atoms with van der Waals surface area (Å²) in [4.78, 5) is 11.3. The zero-order valence-electron chi connectivity index (χ0n) is 18.4. The van der Waals surface area contributed by atoms with Crippen LogP contribution in [0.5, 0.6) is 0 Å². The third-order valence-electron chi connectivity index (χ3n) is 6.50. The van der Waals surface area contributed by atoms with Crippen LogP contribution in [0.25, 0.3) is 5.69 Å². The molecule has 1 aliphatic carbocycles. The molecule has 8 heteroatoms. The Bertz CT molecular complexity index is 813. The highest BCUT2D eigenvalue weighted by Gasteiger charge is 2.38. The van der Waals surface area contributed by atoms with Gasteiger partial charge in [0.2, 0.25) is 0 Å². The number of para-hydroxylation sites is 1. The van der Waals surface area contributed by atoms with Gasteiger partial charge < -0.3 is 19.9 Å². The first-order chi connectivity index (χ1) is 14.8. The molecule has 0 atom stereocenters. The maximum Gasteiger partial charge on any atom is 0.191 e. The Balaban J connectivity index is 0.00000272. The number of nitrogens with one attached hydrogen (secondary N) is 2. The molecule has 2 aromatic rings. The van der Waals surface area contributed by atoms with Gasteiger partial charge in [-0.3, -0.25) is 9.89 Å². The summed E-state index contributed by atoms with van der Waals surface area (Å²) in [6.45, 7) is 5.39. The molecule has 7 nitrogen and oxygen atoms in total. The van der Waals surface area contributed by atoms with Crippen LogP contribution in [0.2, 0.25) is 0 Å². The molecule has 2 fully saturated rings. The van der Waals surface area contributed by atoms with Crippen LogP contribution in [0.15, 0.2) is 48.0 Å². The van der Waals surface area contributed by atoms with Crippen molar-refractivity contribution >= 4 is 29.9 Å². The minimum absolute atomic E-state index is 0. The second-order valence-corrected chi connectivity index (χ2v) is 8.26. The average molecular weight is 538 g/mol. The quantitative estimate of drug-likeness (QED) is 0.336. The van der Waals surface area contributed by atoms with Gasteiger partial charge in [-0.25, -0.2) is 4.98 Å². The summed E-state index contributed by atoms with van der Waals surface area (Å²) in [5.74, 6) is 0.855. The van der Waals surface area contributed by atoms with E-state index >= 15 is 0 Å². The highest BCUT2D eigenvalue weighted by molar-refractivity contribution is 14.0. The van der Waals surface area contributed by atoms with Crippen molar-refractivity contribution < 1.29 is 4.74 Å². The Morgan fingerprint density at radius 2 is 1.90 bits per heavy atom. The van der Waals surface area contributed by atoms with E-state index < -0.39 is 0 Å². The highest BCUT2D eigenvalue weighted by atomic mass is 127. The number of hydrogen-bond donors (Lipinski definition) is 2. The lowest BCUT2D eigenvalue weighted by molar-refractivity contribution is -0.0352. The number of aliphatic imine (C=N–C) groups is 1. The summed E-state index contributed by atoms with van der Waals surface area (Å²) in [5.41, 5.74) is 2.56. The predicted molar refractivity (Wildman–Crippen MR) is 135 cm³/mol.